The lowest BCUT2D eigenvalue weighted by Crippen LogP contribution is -2.32. The van der Waals surface area contributed by atoms with E-state index in [1.165, 1.54) is 98.4 Å². The van der Waals surface area contributed by atoms with E-state index < -0.39 is 5.41 Å². The van der Waals surface area contributed by atoms with Gasteiger partial charge in [-0.2, -0.15) is 0 Å². The van der Waals surface area contributed by atoms with E-state index in [0.29, 0.717) is 0 Å². The number of hydrogen-bond donors (Lipinski definition) is 0. The Balaban J connectivity index is 1.15. The van der Waals surface area contributed by atoms with Crippen LogP contribution in [0.4, 0.5) is 0 Å². The summed E-state index contributed by atoms with van der Waals surface area (Å²) in [5, 5.41) is 12.6. The molecule has 272 valence electrons. The predicted molar refractivity (Wildman–Crippen MR) is 245 cm³/mol. The van der Waals surface area contributed by atoms with Gasteiger partial charge in [0.05, 0.1) is 5.41 Å². The lowest BCUT2D eigenvalue weighted by atomic mass is 9.63. The van der Waals surface area contributed by atoms with Gasteiger partial charge in [0.2, 0.25) is 0 Å². The Hall–Kier alpha value is -7.22. The van der Waals surface area contributed by atoms with Crippen LogP contribution in [0, 0.1) is 0 Å². The van der Waals surface area contributed by atoms with E-state index in [1.54, 1.807) is 0 Å². The minimum atomic E-state index is -0.506. The fraction of sp³-hybridized carbons (Fsp3) is 0.0526. The maximum absolute atomic E-state index is 7.02. The molecule has 0 saturated heterocycles. The van der Waals surface area contributed by atoms with E-state index in [4.69, 9.17) is 4.74 Å². The predicted octanol–water partition coefficient (Wildman–Crippen LogP) is 15.3. The van der Waals surface area contributed by atoms with Crippen molar-refractivity contribution in [2.24, 2.45) is 0 Å². The number of fused-ring (bicyclic) bond motifs is 8. The summed E-state index contributed by atoms with van der Waals surface area (Å²) in [6.45, 7) is 2.42. The van der Waals surface area contributed by atoms with Gasteiger partial charge in [0.1, 0.15) is 11.5 Å². The monoisotopic (exact) mass is 738 g/mol. The van der Waals surface area contributed by atoms with Crippen LogP contribution in [0.3, 0.4) is 0 Å². The van der Waals surface area contributed by atoms with Crippen LogP contribution in [0.15, 0.2) is 212 Å². The minimum absolute atomic E-state index is 0.0209. The van der Waals surface area contributed by atoms with Crippen LogP contribution in [0.1, 0.15) is 24.0 Å². The van der Waals surface area contributed by atoms with Gasteiger partial charge in [-0.25, -0.2) is 0 Å². The molecule has 1 aliphatic carbocycles. The summed E-state index contributed by atoms with van der Waals surface area (Å²) >= 11 is 0. The van der Waals surface area contributed by atoms with Gasteiger partial charge in [0, 0.05) is 11.5 Å². The zero-order valence-corrected chi connectivity index (χ0v) is 32.1. The molecule has 10 aromatic rings. The Morgan fingerprint density at radius 3 is 1.52 bits per heavy atom. The van der Waals surface area contributed by atoms with Crippen molar-refractivity contribution in [2.75, 3.05) is 0 Å². The first kappa shape index (κ1) is 33.0. The highest BCUT2D eigenvalue weighted by atomic mass is 16.5. The van der Waals surface area contributed by atoms with Gasteiger partial charge in [0.25, 0.3) is 0 Å². The average Bonchev–Trinajstić information content (AvgIpc) is 3.60. The van der Waals surface area contributed by atoms with Crippen molar-refractivity contribution in [1.82, 2.24) is 0 Å². The highest BCUT2D eigenvalue weighted by molar-refractivity contribution is 6.22. The number of rotatable bonds is 4. The number of ether oxygens (including phenoxy) is 1. The zero-order chi connectivity index (χ0) is 38.4. The summed E-state index contributed by atoms with van der Waals surface area (Å²) in [4.78, 5) is 0. The van der Waals surface area contributed by atoms with Crippen molar-refractivity contribution >= 4 is 53.9 Å². The van der Waals surface area contributed by atoms with Crippen LogP contribution in [0.25, 0.3) is 87.2 Å². The van der Waals surface area contributed by atoms with Crippen molar-refractivity contribution in [1.29, 1.82) is 0 Å². The molecule has 1 nitrogen and oxygen atoms in total. The fourth-order valence-electron chi connectivity index (χ4n) is 10.6. The van der Waals surface area contributed by atoms with E-state index in [0.717, 1.165) is 11.5 Å². The van der Waals surface area contributed by atoms with Gasteiger partial charge in [-0.15, -0.1) is 0 Å². The summed E-state index contributed by atoms with van der Waals surface area (Å²) in [7, 11) is 0. The first-order valence-corrected chi connectivity index (χ1v) is 20.3. The van der Waals surface area contributed by atoms with E-state index >= 15 is 0 Å². The lowest BCUT2D eigenvalue weighted by molar-refractivity contribution is 0.358. The van der Waals surface area contributed by atoms with Gasteiger partial charge in [-0.05, 0) is 112 Å². The molecule has 0 aromatic heterocycles. The highest BCUT2D eigenvalue weighted by Gasteiger charge is 2.50. The second kappa shape index (κ2) is 12.6. The van der Waals surface area contributed by atoms with Crippen LogP contribution >= 0.6 is 0 Å². The summed E-state index contributed by atoms with van der Waals surface area (Å²) in [5.41, 5.74) is 9.58. The van der Waals surface area contributed by atoms with Crippen LogP contribution < -0.4 is 4.74 Å². The summed E-state index contributed by atoms with van der Waals surface area (Å²) in [6, 6.07) is 69.1. The van der Waals surface area contributed by atoms with Gasteiger partial charge < -0.3 is 4.74 Å². The molecule has 0 amide bonds. The first-order valence-electron chi connectivity index (χ1n) is 20.3. The molecule has 1 heteroatoms. The summed E-state index contributed by atoms with van der Waals surface area (Å²) < 4.78 is 7.02. The molecule has 0 spiro atoms. The maximum Gasteiger partial charge on any atom is 0.131 e. The number of hydrogen-bond acceptors (Lipinski definition) is 1. The molecular weight excluding hydrogens is 701 g/mol. The molecule has 2 aliphatic rings. The molecule has 12 rings (SSSR count). The van der Waals surface area contributed by atoms with Crippen molar-refractivity contribution in [3.8, 4) is 39.1 Å². The largest absolute Gasteiger partial charge is 0.460 e. The van der Waals surface area contributed by atoms with Gasteiger partial charge in [-0.3, -0.25) is 0 Å². The van der Waals surface area contributed by atoms with E-state index in [1.807, 2.05) is 0 Å². The van der Waals surface area contributed by atoms with Crippen molar-refractivity contribution < 1.29 is 4.74 Å². The Bertz CT molecular complexity index is 3270. The lowest BCUT2D eigenvalue weighted by Gasteiger charge is -2.37. The van der Waals surface area contributed by atoms with E-state index in [-0.39, 0.29) is 5.92 Å². The third-order valence-electron chi connectivity index (χ3n) is 13.1. The minimum Gasteiger partial charge on any atom is -0.460 e. The fourth-order valence-corrected chi connectivity index (χ4v) is 10.6. The number of benzene rings is 10. The summed E-state index contributed by atoms with van der Waals surface area (Å²) in [5.74, 6) is 1.90. The topological polar surface area (TPSA) is 9.23 Å². The molecule has 2 atom stereocenters. The maximum atomic E-state index is 7.02. The van der Waals surface area contributed by atoms with E-state index in [2.05, 4.69) is 213 Å². The van der Waals surface area contributed by atoms with Crippen molar-refractivity contribution in [3.63, 3.8) is 0 Å². The second-order valence-electron chi connectivity index (χ2n) is 16.0. The second-order valence-corrected chi connectivity index (χ2v) is 16.0. The molecule has 1 aliphatic heterocycles. The smallest absolute Gasteiger partial charge is 0.131 e. The Morgan fingerprint density at radius 2 is 0.879 bits per heavy atom. The first-order chi connectivity index (χ1) is 28.7. The van der Waals surface area contributed by atoms with Crippen LogP contribution in [0.2, 0.25) is 0 Å². The zero-order valence-electron chi connectivity index (χ0n) is 32.1. The molecule has 10 aromatic carbocycles. The SMILES string of the molecule is CC12C(=CC=CC1c1c3ccccc3c(-c3cccc4ccccc34)c3ccccc13)Oc1cccc(-c3c4ccccc4c(-c4ccccc4)c4ccccc34)c12. The third-order valence-corrected chi connectivity index (χ3v) is 13.1. The molecule has 0 N–H and O–H groups in total. The van der Waals surface area contributed by atoms with Crippen LogP contribution in [0.5, 0.6) is 5.75 Å². The molecule has 58 heavy (non-hydrogen) atoms. The van der Waals surface area contributed by atoms with Gasteiger partial charge in [-0.1, -0.05) is 194 Å². The molecule has 2 unspecified atom stereocenters. The van der Waals surface area contributed by atoms with Crippen molar-refractivity contribution in [3.05, 3.63) is 223 Å². The van der Waals surface area contributed by atoms with Crippen LogP contribution in [-0.4, -0.2) is 0 Å². The quantitative estimate of drug-likeness (QED) is 0.163. The standard InChI is InChI=1S/C57H38O/c1-57-49(55-46-29-13-11-27-44(46)53(45-28-12-14-30-47(45)55)39-31-15-21-36-18-5-6-22-38(36)39)33-17-35-51(57)58-50-34-16-32-48(56(50)57)54-42-25-9-7-23-40(42)52(37-19-3-2-4-20-37)41-24-8-10-26-43(41)54/h2-35,49H,1H3. The third kappa shape index (κ3) is 4.59. The van der Waals surface area contributed by atoms with Crippen LogP contribution in [-0.2, 0) is 5.41 Å². The molecule has 1 heterocycles. The van der Waals surface area contributed by atoms with Crippen molar-refractivity contribution in [2.45, 2.75) is 18.3 Å². The average molecular weight is 739 g/mol. The highest BCUT2D eigenvalue weighted by Crippen LogP contribution is 2.61. The summed E-state index contributed by atoms with van der Waals surface area (Å²) in [6.07, 6.45) is 6.85. The molecule has 0 saturated carbocycles. The van der Waals surface area contributed by atoms with Gasteiger partial charge in [0.15, 0.2) is 0 Å². The Kier molecular flexibility index (Phi) is 7.19. The Morgan fingerprint density at radius 1 is 0.414 bits per heavy atom. The molecule has 0 bridgehead atoms. The van der Waals surface area contributed by atoms with Gasteiger partial charge >= 0.3 is 0 Å². The Labute approximate surface area is 337 Å². The normalized spacial score (nSPS) is 17.1. The molecular formula is C57H38O. The number of allylic oxidation sites excluding steroid dienone is 4. The molecule has 0 fully saturated rings. The van der Waals surface area contributed by atoms with E-state index in [9.17, 15) is 0 Å². The molecule has 0 radical (unpaired) electrons.